The van der Waals surface area contributed by atoms with Gasteiger partial charge in [-0.3, -0.25) is 4.79 Å². The summed E-state index contributed by atoms with van der Waals surface area (Å²) in [4.78, 5) is 14.9. The lowest BCUT2D eigenvalue weighted by atomic mass is 10.1. The summed E-state index contributed by atoms with van der Waals surface area (Å²) in [6, 6.07) is 13.2. The van der Waals surface area contributed by atoms with E-state index < -0.39 is 0 Å². The number of nitrogens with one attached hydrogen (secondary N) is 1. The van der Waals surface area contributed by atoms with Crippen LogP contribution in [0.25, 0.3) is 22.2 Å². The molecule has 1 N–H and O–H groups in total. The lowest BCUT2D eigenvalue weighted by molar-refractivity contribution is 0.112. The van der Waals surface area contributed by atoms with Gasteiger partial charge in [-0.15, -0.1) is 0 Å². The molecule has 0 aliphatic heterocycles. The topological polar surface area (TPSA) is 51.3 Å². The summed E-state index contributed by atoms with van der Waals surface area (Å²) in [5, 5.41) is 0.838. The fourth-order valence-corrected chi connectivity index (χ4v) is 2.50. The van der Waals surface area contributed by atoms with Crippen LogP contribution in [0.5, 0.6) is 11.5 Å². The number of benzene rings is 2. The second-order valence-electron chi connectivity index (χ2n) is 4.64. The van der Waals surface area contributed by atoms with E-state index in [4.69, 9.17) is 9.47 Å². The van der Waals surface area contributed by atoms with Crippen LogP contribution in [-0.2, 0) is 0 Å². The molecule has 0 radical (unpaired) electrons. The van der Waals surface area contributed by atoms with Crippen molar-refractivity contribution in [2.24, 2.45) is 0 Å². The molecule has 3 aromatic rings. The van der Waals surface area contributed by atoms with Gasteiger partial charge in [-0.25, -0.2) is 0 Å². The first-order valence-electron chi connectivity index (χ1n) is 6.56. The van der Waals surface area contributed by atoms with Gasteiger partial charge in [0.25, 0.3) is 0 Å². The van der Waals surface area contributed by atoms with Crippen LogP contribution in [0.2, 0.25) is 0 Å². The highest BCUT2D eigenvalue weighted by molar-refractivity contribution is 6.05. The molecule has 0 aliphatic carbocycles. The molecule has 0 spiro atoms. The zero-order chi connectivity index (χ0) is 14.8. The summed E-state index contributed by atoms with van der Waals surface area (Å²) < 4.78 is 10.6. The Hall–Kier alpha value is -2.75. The lowest BCUT2D eigenvalue weighted by Crippen LogP contribution is -1.90. The molecule has 0 fully saturated rings. The Morgan fingerprint density at radius 3 is 2.57 bits per heavy atom. The first-order chi connectivity index (χ1) is 10.3. The first-order valence-corrected chi connectivity index (χ1v) is 6.56. The second kappa shape index (κ2) is 5.32. The number of carbonyl (C=O) groups is 1. The van der Waals surface area contributed by atoms with Crippen LogP contribution in [0.15, 0.2) is 42.5 Å². The number of ether oxygens (including phenoxy) is 2. The van der Waals surface area contributed by atoms with Crippen LogP contribution in [0.3, 0.4) is 0 Å². The van der Waals surface area contributed by atoms with Crippen molar-refractivity contribution in [2.75, 3.05) is 14.2 Å². The Morgan fingerprint density at radius 1 is 1.05 bits per heavy atom. The fraction of sp³-hybridized carbons (Fsp3) is 0.118. The van der Waals surface area contributed by atoms with E-state index in [-0.39, 0.29) is 0 Å². The van der Waals surface area contributed by atoms with Crippen molar-refractivity contribution >= 4 is 17.2 Å². The van der Waals surface area contributed by atoms with E-state index in [1.807, 2.05) is 42.5 Å². The van der Waals surface area contributed by atoms with Crippen molar-refractivity contribution in [3.05, 3.63) is 48.0 Å². The van der Waals surface area contributed by atoms with Crippen LogP contribution >= 0.6 is 0 Å². The fourth-order valence-electron chi connectivity index (χ4n) is 2.50. The molecular weight excluding hydrogens is 266 g/mol. The number of rotatable bonds is 4. The van der Waals surface area contributed by atoms with Gasteiger partial charge in [-0.05, 0) is 30.3 Å². The number of aromatic amines is 1. The number of para-hydroxylation sites is 1. The summed E-state index contributed by atoms with van der Waals surface area (Å²) in [6.45, 7) is 0. The summed E-state index contributed by atoms with van der Waals surface area (Å²) in [5.41, 5.74) is 3.11. The van der Waals surface area contributed by atoms with Gasteiger partial charge in [0.15, 0.2) is 6.29 Å². The first kappa shape index (κ1) is 13.2. The van der Waals surface area contributed by atoms with Crippen LogP contribution in [0, 0.1) is 0 Å². The van der Waals surface area contributed by atoms with Gasteiger partial charge in [-0.2, -0.15) is 0 Å². The van der Waals surface area contributed by atoms with Crippen molar-refractivity contribution in [3.8, 4) is 22.8 Å². The average molecular weight is 281 g/mol. The summed E-state index contributed by atoms with van der Waals surface area (Å²) in [6.07, 6.45) is 0.861. The van der Waals surface area contributed by atoms with Crippen molar-refractivity contribution in [1.29, 1.82) is 0 Å². The number of aldehydes is 1. The molecule has 21 heavy (non-hydrogen) atoms. The molecule has 4 nitrogen and oxygen atoms in total. The Balaban J connectivity index is 2.30. The number of H-pyrrole nitrogens is 1. The smallest absolute Gasteiger partial charge is 0.152 e. The van der Waals surface area contributed by atoms with Gasteiger partial charge >= 0.3 is 0 Å². The molecule has 3 rings (SSSR count). The number of fused-ring (bicyclic) bond motifs is 1. The van der Waals surface area contributed by atoms with Crippen LogP contribution in [-0.4, -0.2) is 25.5 Å². The van der Waals surface area contributed by atoms with E-state index in [1.54, 1.807) is 14.2 Å². The normalized spacial score (nSPS) is 10.6. The molecule has 0 saturated carbocycles. The standard InChI is InChI=1S/C17H15NO3/c1-20-11-7-8-15-13(9-11)14(10-19)17(18-15)12-5-3-4-6-16(12)21-2/h3-10,18H,1-2H3. The highest BCUT2D eigenvalue weighted by Gasteiger charge is 2.16. The van der Waals surface area contributed by atoms with Gasteiger partial charge in [0.05, 0.1) is 19.9 Å². The van der Waals surface area contributed by atoms with E-state index in [2.05, 4.69) is 4.98 Å². The van der Waals surface area contributed by atoms with Crippen LogP contribution in [0.1, 0.15) is 10.4 Å². The quantitative estimate of drug-likeness (QED) is 0.742. The maximum atomic E-state index is 11.6. The molecule has 0 unspecified atom stereocenters. The van der Waals surface area contributed by atoms with Crippen LogP contribution < -0.4 is 9.47 Å². The summed E-state index contributed by atoms with van der Waals surface area (Å²) >= 11 is 0. The minimum atomic E-state index is 0.605. The largest absolute Gasteiger partial charge is 0.497 e. The van der Waals surface area contributed by atoms with Crippen LogP contribution in [0.4, 0.5) is 0 Å². The molecule has 4 heteroatoms. The lowest BCUT2D eigenvalue weighted by Gasteiger charge is -2.07. The van der Waals surface area contributed by atoms with E-state index >= 15 is 0 Å². The highest BCUT2D eigenvalue weighted by atomic mass is 16.5. The number of hydrogen-bond acceptors (Lipinski definition) is 3. The van der Waals surface area contributed by atoms with E-state index in [1.165, 1.54) is 0 Å². The second-order valence-corrected chi connectivity index (χ2v) is 4.64. The molecule has 2 aromatic carbocycles. The molecule has 1 aromatic heterocycles. The summed E-state index contributed by atoms with van der Waals surface area (Å²) in [5.74, 6) is 1.44. The van der Waals surface area contributed by atoms with E-state index in [0.717, 1.165) is 39.9 Å². The Morgan fingerprint density at radius 2 is 1.86 bits per heavy atom. The van der Waals surface area contributed by atoms with Crippen molar-refractivity contribution in [2.45, 2.75) is 0 Å². The zero-order valence-electron chi connectivity index (χ0n) is 11.8. The Labute approximate surface area is 122 Å². The Kier molecular flexibility index (Phi) is 3.36. The van der Waals surface area contributed by atoms with E-state index in [0.29, 0.717) is 5.56 Å². The molecule has 0 aliphatic rings. The number of methoxy groups -OCH3 is 2. The zero-order valence-corrected chi connectivity index (χ0v) is 11.8. The number of aromatic nitrogens is 1. The Bertz CT molecular complexity index is 805. The van der Waals surface area contributed by atoms with Gasteiger partial charge in [0, 0.05) is 22.0 Å². The third-order valence-corrected chi connectivity index (χ3v) is 3.54. The van der Waals surface area contributed by atoms with Crippen molar-refractivity contribution < 1.29 is 14.3 Å². The molecule has 106 valence electrons. The molecule has 0 atom stereocenters. The predicted molar refractivity (Wildman–Crippen MR) is 82.2 cm³/mol. The van der Waals surface area contributed by atoms with Crippen molar-refractivity contribution in [1.82, 2.24) is 4.98 Å². The molecule has 0 bridgehead atoms. The van der Waals surface area contributed by atoms with E-state index in [9.17, 15) is 4.79 Å². The predicted octanol–water partition coefficient (Wildman–Crippen LogP) is 3.66. The average Bonchev–Trinajstić information content (AvgIpc) is 2.91. The minimum Gasteiger partial charge on any atom is -0.497 e. The van der Waals surface area contributed by atoms with Crippen molar-refractivity contribution in [3.63, 3.8) is 0 Å². The monoisotopic (exact) mass is 281 g/mol. The molecule has 0 saturated heterocycles. The molecular formula is C17H15NO3. The van der Waals surface area contributed by atoms with Gasteiger partial charge in [0.2, 0.25) is 0 Å². The summed E-state index contributed by atoms with van der Waals surface area (Å²) in [7, 11) is 3.22. The van der Waals surface area contributed by atoms with Gasteiger partial charge in [0.1, 0.15) is 11.5 Å². The number of carbonyl (C=O) groups excluding carboxylic acids is 1. The van der Waals surface area contributed by atoms with Gasteiger partial charge in [-0.1, -0.05) is 12.1 Å². The molecule has 0 amide bonds. The number of hydrogen-bond donors (Lipinski definition) is 1. The maximum Gasteiger partial charge on any atom is 0.152 e. The van der Waals surface area contributed by atoms with Gasteiger partial charge < -0.3 is 14.5 Å². The molecule has 1 heterocycles. The minimum absolute atomic E-state index is 0.605. The highest BCUT2D eigenvalue weighted by Crippen LogP contribution is 2.35. The third kappa shape index (κ3) is 2.14. The SMILES string of the molecule is COc1ccc2[nH]c(-c3ccccc3OC)c(C=O)c2c1. The third-order valence-electron chi connectivity index (χ3n) is 3.54. The maximum absolute atomic E-state index is 11.6.